The normalized spacial score (nSPS) is 32.3. The Morgan fingerprint density at radius 2 is 2.36 bits per heavy atom. The standard InChI is InChI=1S/C12H16FN5O4/c1-6(19)8-9(20)12(15,3-2-4-13)10(22-8)18-11(21)17-7(14)5-16-18/h5-6,8-10,19-20H,4,15H2,1H3,(H2,14,17,21)/t6-,8-,9?,10-,12-/m1/s1. The molecule has 1 aromatic rings. The summed E-state index contributed by atoms with van der Waals surface area (Å²) in [6, 6.07) is 0. The SMILES string of the molecule is C[C@@H](O)[C@H]1O[C@@H](n2ncc(N)nc2=O)[C@@](N)(C#CCF)C1O. The number of anilines is 1. The third kappa shape index (κ3) is 2.67. The zero-order chi connectivity index (χ0) is 16.5. The summed E-state index contributed by atoms with van der Waals surface area (Å²) < 4.78 is 18.5. The molecule has 0 aromatic carbocycles. The number of aliphatic hydroxyl groups is 2. The number of aliphatic hydroxyl groups excluding tert-OH is 2. The van der Waals surface area contributed by atoms with Crippen molar-refractivity contribution in [3.05, 3.63) is 16.7 Å². The van der Waals surface area contributed by atoms with Crippen LogP contribution in [0.3, 0.4) is 0 Å². The highest BCUT2D eigenvalue weighted by molar-refractivity contribution is 5.26. The van der Waals surface area contributed by atoms with E-state index in [1.165, 1.54) is 6.92 Å². The Balaban J connectivity index is 2.53. The molecule has 0 amide bonds. The molecule has 6 N–H and O–H groups in total. The predicted molar refractivity (Wildman–Crippen MR) is 73.0 cm³/mol. The molecule has 0 aliphatic carbocycles. The first kappa shape index (κ1) is 16.3. The van der Waals surface area contributed by atoms with Crippen LogP contribution in [0.25, 0.3) is 0 Å². The van der Waals surface area contributed by atoms with Crippen LogP contribution in [-0.2, 0) is 4.74 Å². The zero-order valence-corrected chi connectivity index (χ0v) is 11.7. The van der Waals surface area contributed by atoms with Crippen LogP contribution in [0.5, 0.6) is 0 Å². The first-order chi connectivity index (χ1) is 10.3. The Bertz CT molecular complexity index is 669. The molecular formula is C12H16FN5O4. The molecule has 0 spiro atoms. The van der Waals surface area contributed by atoms with Gasteiger partial charge in [0.25, 0.3) is 0 Å². The first-order valence-electron chi connectivity index (χ1n) is 6.39. The van der Waals surface area contributed by atoms with Crippen molar-refractivity contribution in [3.63, 3.8) is 0 Å². The molecule has 1 saturated heterocycles. The Morgan fingerprint density at radius 3 is 2.91 bits per heavy atom. The lowest BCUT2D eigenvalue weighted by molar-refractivity contribution is -0.0816. The fourth-order valence-corrected chi connectivity index (χ4v) is 2.24. The first-order valence-corrected chi connectivity index (χ1v) is 6.39. The molecule has 10 heteroatoms. The molecule has 1 fully saturated rings. The predicted octanol–water partition coefficient (Wildman–Crippen LogP) is -2.47. The second kappa shape index (κ2) is 5.98. The monoisotopic (exact) mass is 313 g/mol. The second-order valence-corrected chi connectivity index (χ2v) is 4.92. The average molecular weight is 313 g/mol. The van der Waals surface area contributed by atoms with Gasteiger partial charge in [-0.1, -0.05) is 11.8 Å². The maximum atomic E-state index is 12.3. The Hall–Kier alpha value is -2.06. The van der Waals surface area contributed by atoms with Crippen LogP contribution >= 0.6 is 0 Å². The summed E-state index contributed by atoms with van der Waals surface area (Å²) in [7, 11) is 0. The lowest BCUT2D eigenvalue weighted by atomic mass is 9.90. The molecule has 0 saturated carbocycles. The maximum Gasteiger partial charge on any atom is 0.368 e. The molecule has 0 bridgehead atoms. The Morgan fingerprint density at radius 1 is 1.68 bits per heavy atom. The van der Waals surface area contributed by atoms with E-state index in [1.807, 2.05) is 0 Å². The number of aromatic nitrogens is 3. The van der Waals surface area contributed by atoms with E-state index in [9.17, 15) is 19.4 Å². The number of hydrogen-bond donors (Lipinski definition) is 4. The van der Waals surface area contributed by atoms with Crippen LogP contribution in [0.15, 0.2) is 11.0 Å². The molecule has 0 radical (unpaired) electrons. The van der Waals surface area contributed by atoms with Crippen molar-refractivity contribution >= 4 is 5.82 Å². The van der Waals surface area contributed by atoms with E-state index in [1.54, 1.807) is 0 Å². The van der Waals surface area contributed by atoms with Crippen molar-refractivity contribution in [2.24, 2.45) is 5.73 Å². The molecule has 120 valence electrons. The van der Waals surface area contributed by atoms with Crippen LogP contribution < -0.4 is 17.2 Å². The van der Waals surface area contributed by atoms with Gasteiger partial charge in [0.05, 0.1) is 12.3 Å². The minimum absolute atomic E-state index is 0.107. The molecule has 1 aliphatic rings. The van der Waals surface area contributed by atoms with E-state index in [4.69, 9.17) is 16.2 Å². The average Bonchev–Trinajstić information content (AvgIpc) is 2.70. The van der Waals surface area contributed by atoms with Gasteiger partial charge in [-0.25, -0.2) is 9.18 Å². The van der Waals surface area contributed by atoms with Crippen LogP contribution in [0, 0.1) is 11.8 Å². The summed E-state index contributed by atoms with van der Waals surface area (Å²) in [5, 5.41) is 23.7. The summed E-state index contributed by atoms with van der Waals surface area (Å²) in [5.74, 6) is 4.33. The van der Waals surface area contributed by atoms with Crippen molar-refractivity contribution in [1.29, 1.82) is 0 Å². The Kier molecular flexibility index (Phi) is 4.43. The fraction of sp³-hybridized carbons (Fsp3) is 0.583. The van der Waals surface area contributed by atoms with Gasteiger partial charge in [0.2, 0.25) is 0 Å². The third-order valence-corrected chi connectivity index (χ3v) is 3.30. The van der Waals surface area contributed by atoms with Crippen LogP contribution in [-0.4, -0.2) is 55.5 Å². The quantitative estimate of drug-likeness (QED) is 0.439. The highest BCUT2D eigenvalue weighted by Crippen LogP contribution is 2.36. The van der Waals surface area contributed by atoms with Gasteiger partial charge in [0, 0.05) is 0 Å². The van der Waals surface area contributed by atoms with Gasteiger partial charge in [-0.15, -0.1) is 0 Å². The van der Waals surface area contributed by atoms with E-state index >= 15 is 0 Å². The summed E-state index contributed by atoms with van der Waals surface area (Å²) in [6.45, 7) is 0.372. The summed E-state index contributed by atoms with van der Waals surface area (Å²) in [6.07, 6.45) is -3.97. The van der Waals surface area contributed by atoms with Crippen LogP contribution in [0.2, 0.25) is 0 Å². The van der Waals surface area contributed by atoms with Gasteiger partial charge < -0.3 is 26.4 Å². The Labute approximate surface area is 124 Å². The van der Waals surface area contributed by atoms with Crippen LogP contribution in [0.4, 0.5) is 10.2 Å². The van der Waals surface area contributed by atoms with Gasteiger partial charge >= 0.3 is 5.69 Å². The van der Waals surface area contributed by atoms with Crippen molar-refractivity contribution in [2.75, 3.05) is 12.4 Å². The summed E-state index contributed by atoms with van der Waals surface area (Å²) in [5.41, 5.74) is 8.65. The number of hydrogen-bond acceptors (Lipinski definition) is 8. The number of alkyl halides is 1. The number of nitrogens with zero attached hydrogens (tertiary/aromatic N) is 3. The summed E-state index contributed by atoms with van der Waals surface area (Å²) in [4.78, 5) is 15.4. The molecule has 2 heterocycles. The van der Waals surface area contributed by atoms with Crippen molar-refractivity contribution in [3.8, 4) is 11.8 Å². The number of halogens is 1. The molecular weight excluding hydrogens is 297 g/mol. The largest absolute Gasteiger partial charge is 0.391 e. The lowest BCUT2D eigenvalue weighted by Gasteiger charge is -2.27. The third-order valence-electron chi connectivity index (χ3n) is 3.30. The number of nitrogen functional groups attached to an aromatic ring is 1. The van der Waals surface area contributed by atoms with E-state index in [-0.39, 0.29) is 5.82 Å². The molecule has 9 nitrogen and oxygen atoms in total. The summed E-state index contributed by atoms with van der Waals surface area (Å²) >= 11 is 0. The number of rotatable bonds is 2. The van der Waals surface area contributed by atoms with Gasteiger partial charge in [-0.05, 0) is 6.92 Å². The molecule has 1 aliphatic heterocycles. The highest BCUT2D eigenvalue weighted by atomic mass is 19.1. The van der Waals surface area contributed by atoms with Crippen LogP contribution in [0.1, 0.15) is 13.2 Å². The van der Waals surface area contributed by atoms with Crippen molar-refractivity contribution < 1.29 is 19.3 Å². The molecule has 1 unspecified atom stereocenters. The fourth-order valence-electron chi connectivity index (χ4n) is 2.24. The van der Waals surface area contributed by atoms with Gasteiger partial charge in [0.15, 0.2) is 11.8 Å². The molecule has 2 rings (SSSR count). The highest BCUT2D eigenvalue weighted by Gasteiger charge is 2.56. The van der Waals surface area contributed by atoms with E-state index < -0.39 is 42.4 Å². The minimum atomic E-state index is -1.84. The molecule has 1 aromatic heterocycles. The second-order valence-electron chi connectivity index (χ2n) is 4.92. The van der Waals surface area contributed by atoms with E-state index in [0.29, 0.717) is 0 Å². The number of ether oxygens (including phenoxy) is 1. The maximum absolute atomic E-state index is 12.3. The lowest BCUT2D eigenvalue weighted by Crippen LogP contribution is -2.56. The topological polar surface area (TPSA) is 150 Å². The van der Waals surface area contributed by atoms with Crippen molar-refractivity contribution in [2.45, 2.75) is 37.0 Å². The van der Waals surface area contributed by atoms with E-state index in [0.717, 1.165) is 10.9 Å². The number of nitrogens with two attached hydrogens (primary N) is 2. The van der Waals surface area contributed by atoms with Gasteiger partial charge in [-0.3, -0.25) is 0 Å². The van der Waals surface area contributed by atoms with Gasteiger partial charge in [-0.2, -0.15) is 14.8 Å². The smallest absolute Gasteiger partial charge is 0.368 e. The van der Waals surface area contributed by atoms with E-state index in [2.05, 4.69) is 21.9 Å². The van der Waals surface area contributed by atoms with Crippen molar-refractivity contribution in [1.82, 2.24) is 14.8 Å². The minimum Gasteiger partial charge on any atom is -0.391 e. The molecule has 5 atom stereocenters. The zero-order valence-electron chi connectivity index (χ0n) is 11.7. The van der Waals surface area contributed by atoms with Gasteiger partial charge in [0.1, 0.15) is 24.7 Å². The molecule has 22 heavy (non-hydrogen) atoms.